The molecule has 1 saturated heterocycles. The van der Waals surface area contributed by atoms with Gasteiger partial charge in [-0.2, -0.15) is 0 Å². The second-order valence-electron chi connectivity index (χ2n) is 6.59. The van der Waals surface area contributed by atoms with Crippen molar-refractivity contribution in [3.8, 4) is 0 Å². The fraction of sp³-hybridized carbons (Fsp3) is 0.500. The highest BCUT2D eigenvalue weighted by Crippen LogP contribution is 2.44. The van der Waals surface area contributed by atoms with E-state index in [-0.39, 0.29) is 11.9 Å². The zero-order chi connectivity index (χ0) is 15.3. The van der Waals surface area contributed by atoms with Gasteiger partial charge in [-0.05, 0) is 44.0 Å². The van der Waals surface area contributed by atoms with Crippen LogP contribution in [0.1, 0.15) is 30.4 Å². The number of benzene rings is 1. The molecule has 116 valence electrons. The third-order valence-electron chi connectivity index (χ3n) is 5.35. The van der Waals surface area contributed by atoms with Gasteiger partial charge in [-0.3, -0.25) is 4.79 Å². The average Bonchev–Trinajstić information content (AvgIpc) is 2.93. The Kier molecular flexibility index (Phi) is 3.22. The zero-order valence-electron chi connectivity index (χ0n) is 13.1. The van der Waals surface area contributed by atoms with E-state index in [9.17, 15) is 4.79 Å². The Bertz CT molecular complexity index is 721. The van der Waals surface area contributed by atoms with Gasteiger partial charge in [0.15, 0.2) is 0 Å². The molecule has 1 aromatic carbocycles. The van der Waals surface area contributed by atoms with E-state index in [0.717, 1.165) is 19.4 Å². The molecule has 2 aliphatic rings. The Morgan fingerprint density at radius 1 is 1.45 bits per heavy atom. The molecule has 0 bridgehead atoms. The molecule has 1 N–H and O–H groups in total. The lowest BCUT2D eigenvalue weighted by Gasteiger charge is -2.44. The number of aromatic amines is 1. The molecule has 4 heteroatoms. The van der Waals surface area contributed by atoms with Gasteiger partial charge in [-0.1, -0.05) is 12.1 Å². The Balaban J connectivity index is 1.73. The van der Waals surface area contributed by atoms with E-state index in [1.807, 2.05) is 6.92 Å². The van der Waals surface area contributed by atoms with Crippen molar-refractivity contribution < 1.29 is 9.53 Å². The quantitative estimate of drug-likeness (QED) is 0.867. The molecule has 0 saturated carbocycles. The van der Waals surface area contributed by atoms with E-state index >= 15 is 0 Å². The number of carbonyl (C=O) groups is 1. The van der Waals surface area contributed by atoms with E-state index in [4.69, 9.17) is 4.74 Å². The zero-order valence-corrected chi connectivity index (χ0v) is 13.1. The minimum atomic E-state index is -0.0418. The predicted molar refractivity (Wildman–Crippen MR) is 85.9 cm³/mol. The summed E-state index contributed by atoms with van der Waals surface area (Å²) < 4.78 is 5.27. The predicted octanol–water partition coefficient (Wildman–Crippen LogP) is 2.69. The molecule has 1 fully saturated rings. The summed E-state index contributed by atoms with van der Waals surface area (Å²) in [6, 6.07) is 6.98. The number of esters is 1. The molecule has 3 atom stereocenters. The Morgan fingerprint density at radius 2 is 2.32 bits per heavy atom. The summed E-state index contributed by atoms with van der Waals surface area (Å²) in [5.74, 6) is 0.363. The SMILES string of the molecule is CCOC(=O)C1C[C@@H]2c3cccc4[nH]cc(c34)C[C@H]2N(C)C1. The van der Waals surface area contributed by atoms with Crippen LogP contribution in [0.25, 0.3) is 10.9 Å². The lowest BCUT2D eigenvalue weighted by Crippen LogP contribution is -2.49. The van der Waals surface area contributed by atoms with Gasteiger partial charge in [0.1, 0.15) is 0 Å². The van der Waals surface area contributed by atoms with Crippen LogP contribution in [-0.2, 0) is 16.0 Å². The number of likely N-dealkylation sites (tertiary alicyclic amines) is 1. The first-order chi connectivity index (χ1) is 10.7. The van der Waals surface area contributed by atoms with E-state index in [1.165, 1.54) is 22.0 Å². The molecule has 1 aromatic heterocycles. The molecule has 4 rings (SSSR count). The third kappa shape index (κ3) is 1.97. The van der Waals surface area contributed by atoms with Crippen LogP contribution < -0.4 is 0 Å². The highest BCUT2D eigenvalue weighted by atomic mass is 16.5. The van der Waals surface area contributed by atoms with Crippen molar-refractivity contribution in [3.05, 3.63) is 35.5 Å². The van der Waals surface area contributed by atoms with Gasteiger partial charge in [-0.25, -0.2) is 0 Å². The first-order valence-corrected chi connectivity index (χ1v) is 8.14. The number of piperidine rings is 1. The fourth-order valence-electron chi connectivity index (χ4n) is 4.37. The van der Waals surface area contributed by atoms with Crippen molar-refractivity contribution in [2.45, 2.75) is 31.7 Å². The van der Waals surface area contributed by atoms with Crippen molar-refractivity contribution in [1.82, 2.24) is 9.88 Å². The molecular weight excluding hydrogens is 276 g/mol. The summed E-state index contributed by atoms with van der Waals surface area (Å²) in [5.41, 5.74) is 4.02. The summed E-state index contributed by atoms with van der Waals surface area (Å²) >= 11 is 0. The lowest BCUT2D eigenvalue weighted by molar-refractivity contribution is -0.150. The number of ether oxygens (including phenoxy) is 1. The van der Waals surface area contributed by atoms with Gasteiger partial charge < -0.3 is 14.6 Å². The molecule has 1 unspecified atom stereocenters. The van der Waals surface area contributed by atoms with Gasteiger partial charge in [0, 0.05) is 35.6 Å². The molecular formula is C18H22N2O2. The highest BCUT2D eigenvalue weighted by Gasteiger charge is 2.41. The number of H-pyrrole nitrogens is 1. The summed E-state index contributed by atoms with van der Waals surface area (Å²) in [4.78, 5) is 17.9. The molecule has 1 aliphatic carbocycles. The van der Waals surface area contributed by atoms with Crippen molar-refractivity contribution in [2.75, 3.05) is 20.2 Å². The van der Waals surface area contributed by atoms with Crippen LogP contribution in [0.5, 0.6) is 0 Å². The number of aromatic nitrogens is 1. The second kappa shape index (κ2) is 5.13. The number of hydrogen-bond donors (Lipinski definition) is 1. The molecule has 4 nitrogen and oxygen atoms in total. The summed E-state index contributed by atoms with van der Waals surface area (Å²) in [5, 5.41) is 1.38. The summed E-state index contributed by atoms with van der Waals surface area (Å²) in [7, 11) is 2.14. The first-order valence-electron chi connectivity index (χ1n) is 8.14. The molecule has 1 aliphatic heterocycles. The van der Waals surface area contributed by atoms with E-state index < -0.39 is 0 Å². The van der Waals surface area contributed by atoms with Crippen molar-refractivity contribution in [3.63, 3.8) is 0 Å². The van der Waals surface area contributed by atoms with Gasteiger partial charge in [0.25, 0.3) is 0 Å². The minimum Gasteiger partial charge on any atom is -0.466 e. The van der Waals surface area contributed by atoms with E-state index in [0.29, 0.717) is 18.6 Å². The van der Waals surface area contributed by atoms with Crippen LogP contribution in [0.4, 0.5) is 0 Å². The lowest BCUT2D eigenvalue weighted by atomic mass is 9.72. The first kappa shape index (κ1) is 13.8. The Labute approximate surface area is 130 Å². The van der Waals surface area contributed by atoms with Crippen molar-refractivity contribution in [1.29, 1.82) is 0 Å². The van der Waals surface area contributed by atoms with Crippen LogP contribution >= 0.6 is 0 Å². The van der Waals surface area contributed by atoms with Gasteiger partial charge >= 0.3 is 5.97 Å². The maximum atomic E-state index is 12.2. The molecule has 0 radical (unpaired) electrons. The highest BCUT2D eigenvalue weighted by molar-refractivity contribution is 5.88. The molecule has 2 aromatic rings. The Hall–Kier alpha value is -1.81. The number of nitrogens with zero attached hydrogens (tertiary/aromatic N) is 1. The molecule has 0 spiro atoms. The van der Waals surface area contributed by atoms with E-state index in [2.05, 4.69) is 41.3 Å². The van der Waals surface area contributed by atoms with E-state index in [1.54, 1.807) is 0 Å². The number of carbonyl (C=O) groups excluding carboxylic acids is 1. The normalized spacial score (nSPS) is 27.6. The standard InChI is InChI=1S/C18H22N2O2/c1-3-22-18(21)12-7-14-13-5-4-6-15-17(13)11(9-19-15)8-16(14)20(2)10-12/h4-6,9,12,14,16,19H,3,7-8,10H2,1-2H3/t12?,14-,16-/m1/s1. The second-order valence-corrected chi connectivity index (χ2v) is 6.59. The van der Waals surface area contributed by atoms with Gasteiger partial charge in [0.2, 0.25) is 0 Å². The topological polar surface area (TPSA) is 45.3 Å². The number of rotatable bonds is 2. The summed E-state index contributed by atoms with van der Waals surface area (Å²) in [6.07, 6.45) is 4.11. The van der Waals surface area contributed by atoms with Crippen molar-refractivity contribution in [2.24, 2.45) is 5.92 Å². The van der Waals surface area contributed by atoms with Crippen molar-refractivity contribution >= 4 is 16.9 Å². The monoisotopic (exact) mass is 298 g/mol. The van der Waals surface area contributed by atoms with Crippen LogP contribution in [0.3, 0.4) is 0 Å². The van der Waals surface area contributed by atoms with Crippen LogP contribution in [0, 0.1) is 5.92 Å². The fourth-order valence-corrected chi connectivity index (χ4v) is 4.37. The van der Waals surface area contributed by atoms with Crippen LogP contribution in [0.15, 0.2) is 24.4 Å². The smallest absolute Gasteiger partial charge is 0.310 e. The average molecular weight is 298 g/mol. The number of likely N-dealkylation sites (N-methyl/N-ethyl adjacent to an activating group) is 1. The van der Waals surface area contributed by atoms with Crippen LogP contribution in [-0.4, -0.2) is 42.1 Å². The minimum absolute atomic E-state index is 0.0121. The Morgan fingerprint density at radius 3 is 3.14 bits per heavy atom. The number of hydrogen-bond acceptors (Lipinski definition) is 3. The number of nitrogens with one attached hydrogen (secondary N) is 1. The van der Waals surface area contributed by atoms with Gasteiger partial charge in [0.05, 0.1) is 12.5 Å². The molecule has 2 heterocycles. The number of fused-ring (bicyclic) bond motifs is 2. The summed E-state index contributed by atoms with van der Waals surface area (Å²) in [6.45, 7) is 3.14. The van der Waals surface area contributed by atoms with Gasteiger partial charge in [-0.15, -0.1) is 0 Å². The molecule has 22 heavy (non-hydrogen) atoms. The third-order valence-corrected chi connectivity index (χ3v) is 5.35. The largest absolute Gasteiger partial charge is 0.466 e. The molecule has 0 amide bonds. The maximum absolute atomic E-state index is 12.2. The van der Waals surface area contributed by atoms with Crippen LogP contribution in [0.2, 0.25) is 0 Å². The maximum Gasteiger partial charge on any atom is 0.310 e.